The molecule has 0 saturated heterocycles. The Morgan fingerprint density at radius 2 is 1.89 bits per heavy atom. The van der Waals surface area contributed by atoms with Gasteiger partial charge in [-0.2, -0.15) is 4.37 Å². The third-order valence-electron chi connectivity index (χ3n) is 2.58. The second-order valence-corrected chi connectivity index (χ2v) is 4.62. The first-order valence-electron chi connectivity index (χ1n) is 5.44. The van der Waals surface area contributed by atoms with Gasteiger partial charge in [-0.25, -0.2) is 4.98 Å². The molecule has 1 aromatic heterocycles. The minimum atomic E-state index is 0.753. The van der Waals surface area contributed by atoms with Gasteiger partial charge in [-0.1, -0.05) is 12.1 Å². The van der Waals surface area contributed by atoms with Crippen molar-refractivity contribution in [3.63, 3.8) is 0 Å². The molecule has 0 aliphatic rings. The van der Waals surface area contributed by atoms with E-state index < -0.39 is 0 Å². The van der Waals surface area contributed by atoms with Gasteiger partial charge in [-0.05, 0) is 19.1 Å². The molecule has 1 aromatic carbocycles. The van der Waals surface area contributed by atoms with E-state index in [9.17, 15) is 4.79 Å². The molecule has 1 heterocycles. The highest BCUT2D eigenvalue weighted by atomic mass is 32.1. The number of hydrogen-bond donors (Lipinski definition) is 0. The van der Waals surface area contributed by atoms with Crippen LogP contribution >= 0.6 is 11.5 Å². The van der Waals surface area contributed by atoms with Crippen LogP contribution < -0.4 is 9.80 Å². The maximum atomic E-state index is 10.9. The Hall–Kier alpha value is -1.95. The summed E-state index contributed by atoms with van der Waals surface area (Å²) in [5, 5.41) is 0.805. The van der Waals surface area contributed by atoms with Crippen molar-refractivity contribution in [3.8, 4) is 0 Å². The zero-order valence-corrected chi connectivity index (χ0v) is 11.3. The summed E-state index contributed by atoms with van der Waals surface area (Å²) in [5.74, 6) is 0.753. The second-order valence-electron chi connectivity index (χ2n) is 3.89. The van der Waals surface area contributed by atoms with Crippen molar-refractivity contribution in [1.29, 1.82) is 0 Å². The van der Waals surface area contributed by atoms with Crippen LogP contribution in [0.15, 0.2) is 24.3 Å². The predicted molar refractivity (Wildman–Crippen MR) is 73.6 cm³/mol. The quantitative estimate of drug-likeness (QED) is 0.793. The minimum Gasteiger partial charge on any atom is -0.318 e. The van der Waals surface area contributed by atoms with E-state index >= 15 is 0 Å². The van der Waals surface area contributed by atoms with Crippen molar-refractivity contribution in [3.05, 3.63) is 30.1 Å². The number of benzene rings is 1. The Labute approximate surface area is 110 Å². The number of amides is 1. The van der Waals surface area contributed by atoms with Crippen molar-refractivity contribution in [2.24, 2.45) is 0 Å². The van der Waals surface area contributed by atoms with Gasteiger partial charge in [0.25, 0.3) is 0 Å². The number of hydrogen-bond acceptors (Lipinski definition) is 5. The van der Waals surface area contributed by atoms with Gasteiger partial charge in [0.05, 0.1) is 11.4 Å². The van der Waals surface area contributed by atoms with Gasteiger partial charge in [0, 0.05) is 25.6 Å². The van der Waals surface area contributed by atoms with Gasteiger partial charge in [-0.15, -0.1) is 0 Å². The number of nitrogens with zero attached hydrogens (tertiary/aromatic N) is 4. The molecule has 0 spiro atoms. The van der Waals surface area contributed by atoms with Crippen LogP contribution in [0, 0.1) is 6.92 Å². The van der Waals surface area contributed by atoms with Crippen LogP contribution in [0.3, 0.4) is 0 Å². The average Bonchev–Trinajstić information content (AvgIpc) is 2.83. The van der Waals surface area contributed by atoms with Crippen LogP contribution in [0.5, 0.6) is 0 Å². The summed E-state index contributed by atoms with van der Waals surface area (Å²) in [7, 11) is 3.64. The fraction of sp³-hybridized carbons (Fsp3) is 0.250. The second kappa shape index (κ2) is 5.14. The van der Waals surface area contributed by atoms with Crippen LogP contribution in [0.25, 0.3) is 0 Å². The molecule has 0 saturated carbocycles. The number of carbonyl (C=O) groups is 1. The van der Waals surface area contributed by atoms with Crippen molar-refractivity contribution in [2.45, 2.75) is 6.92 Å². The summed E-state index contributed by atoms with van der Waals surface area (Å²) in [6, 6.07) is 7.68. The van der Waals surface area contributed by atoms with Gasteiger partial charge >= 0.3 is 0 Å². The smallest absolute Gasteiger partial charge is 0.213 e. The van der Waals surface area contributed by atoms with Crippen LogP contribution in [-0.2, 0) is 4.79 Å². The van der Waals surface area contributed by atoms with Crippen molar-refractivity contribution >= 4 is 34.4 Å². The summed E-state index contributed by atoms with van der Waals surface area (Å²) in [6.45, 7) is 1.86. The van der Waals surface area contributed by atoms with E-state index in [1.807, 2.05) is 43.1 Å². The highest BCUT2D eigenvalue weighted by Gasteiger charge is 2.14. The molecule has 0 fully saturated rings. The van der Waals surface area contributed by atoms with Crippen LogP contribution in [0.1, 0.15) is 5.82 Å². The molecule has 0 unspecified atom stereocenters. The monoisotopic (exact) mass is 262 g/mol. The number of carbonyl (C=O) groups excluding carboxylic acids is 1. The maximum Gasteiger partial charge on any atom is 0.213 e. The lowest BCUT2D eigenvalue weighted by Crippen LogP contribution is -2.18. The third-order valence-corrected chi connectivity index (χ3v) is 3.47. The predicted octanol–water partition coefficient (Wildman–Crippen LogP) is 2.21. The van der Waals surface area contributed by atoms with Crippen molar-refractivity contribution in [2.75, 3.05) is 23.9 Å². The molecule has 2 aromatic rings. The largest absolute Gasteiger partial charge is 0.318 e. The molecule has 94 valence electrons. The van der Waals surface area contributed by atoms with Gasteiger partial charge in [0.1, 0.15) is 5.82 Å². The molecule has 0 atom stereocenters. The molecule has 0 bridgehead atoms. The number of anilines is 3. The molecule has 2 rings (SSSR count). The first-order valence-corrected chi connectivity index (χ1v) is 6.22. The zero-order chi connectivity index (χ0) is 13.1. The van der Waals surface area contributed by atoms with Crippen molar-refractivity contribution in [1.82, 2.24) is 9.36 Å². The fourth-order valence-corrected chi connectivity index (χ4v) is 2.28. The lowest BCUT2D eigenvalue weighted by Gasteiger charge is -2.22. The Kier molecular flexibility index (Phi) is 3.57. The van der Waals surface area contributed by atoms with E-state index in [1.165, 1.54) is 11.5 Å². The first kappa shape index (κ1) is 12.5. The lowest BCUT2D eigenvalue weighted by molar-refractivity contribution is -0.107. The summed E-state index contributed by atoms with van der Waals surface area (Å²) in [4.78, 5) is 18.7. The number of aromatic nitrogens is 2. The zero-order valence-electron chi connectivity index (χ0n) is 10.5. The minimum absolute atomic E-state index is 0.753. The Morgan fingerprint density at radius 1 is 1.22 bits per heavy atom. The van der Waals surface area contributed by atoms with Gasteiger partial charge < -0.3 is 9.80 Å². The normalized spacial score (nSPS) is 10.2. The van der Waals surface area contributed by atoms with E-state index in [0.29, 0.717) is 0 Å². The van der Waals surface area contributed by atoms with Crippen LogP contribution in [0.2, 0.25) is 0 Å². The van der Waals surface area contributed by atoms with Gasteiger partial charge in [0.15, 0.2) is 0 Å². The summed E-state index contributed by atoms with van der Waals surface area (Å²) in [6.07, 6.45) is 0.790. The molecule has 0 aliphatic carbocycles. The molecule has 6 heteroatoms. The Morgan fingerprint density at radius 3 is 2.44 bits per heavy atom. The van der Waals surface area contributed by atoms with Gasteiger partial charge in [0.2, 0.25) is 11.5 Å². The average molecular weight is 262 g/mol. The molecule has 5 nitrogen and oxygen atoms in total. The standard InChI is InChI=1S/C12H14N4OS/c1-9-13-12(18-14-9)16(3)11-7-5-4-6-10(11)15(2)8-17/h4-8H,1-3H3. The topological polar surface area (TPSA) is 49.3 Å². The van der Waals surface area contributed by atoms with Crippen LogP contribution in [0.4, 0.5) is 16.5 Å². The molecule has 0 N–H and O–H groups in total. The number of rotatable bonds is 4. The van der Waals surface area contributed by atoms with E-state index in [2.05, 4.69) is 9.36 Å². The maximum absolute atomic E-state index is 10.9. The Bertz CT molecular complexity index is 555. The Balaban J connectivity index is 2.41. The summed E-state index contributed by atoms with van der Waals surface area (Å²) in [5.41, 5.74) is 1.76. The van der Waals surface area contributed by atoms with E-state index in [0.717, 1.165) is 28.7 Å². The molecule has 1 amide bonds. The fourth-order valence-electron chi connectivity index (χ4n) is 1.63. The van der Waals surface area contributed by atoms with Crippen LogP contribution in [-0.4, -0.2) is 29.9 Å². The lowest BCUT2D eigenvalue weighted by atomic mass is 10.2. The molecule has 18 heavy (non-hydrogen) atoms. The number of aryl methyl sites for hydroxylation is 1. The van der Waals surface area contributed by atoms with Crippen molar-refractivity contribution < 1.29 is 4.79 Å². The SMILES string of the molecule is Cc1nsc(N(C)c2ccccc2N(C)C=O)n1. The van der Waals surface area contributed by atoms with E-state index in [1.54, 1.807) is 11.9 Å². The summed E-state index contributed by atoms with van der Waals surface area (Å²) < 4.78 is 4.16. The van der Waals surface area contributed by atoms with Gasteiger partial charge in [-0.3, -0.25) is 4.79 Å². The molecule has 0 aliphatic heterocycles. The molecular weight excluding hydrogens is 248 g/mol. The highest BCUT2D eigenvalue weighted by Crippen LogP contribution is 2.32. The molecular formula is C12H14N4OS. The first-order chi connectivity index (χ1) is 8.63. The summed E-state index contributed by atoms with van der Waals surface area (Å²) >= 11 is 1.34. The highest BCUT2D eigenvalue weighted by molar-refractivity contribution is 7.09. The molecule has 0 radical (unpaired) electrons. The van der Waals surface area contributed by atoms with E-state index in [4.69, 9.17) is 0 Å². The third kappa shape index (κ3) is 2.33. The van der Waals surface area contributed by atoms with E-state index in [-0.39, 0.29) is 0 Å². The number of para-hydroxylation sites is 2.